The fourth-order valence-corrected chi connectivity index (χ4v) is 4.76. The Balaban J connectivity index is 1.89. The molecule has 0 amide bonds. The Hall–Kier alpha value is -1.13. The average Bonchev–Trinajstić information content (AvgIpc) is 2.55. The molecular weight excluding hydrogens is 291 g/mol. The highest BCUT2D eigenvalue weighted by atomic mass is 19.1. The van der Waals surface area contributed by atoms with Crippen molar-refractivity contribution in [2.45, 2.75) is 69.4 Å². The number of nitrogens with one attached hydrogen (secondary N) is 1. The van der Waals surface area contributed by atoms with E-state index in [1.807, 2.05) is 19.2 Å². The maximum Gasteiger partial charge on any atom is 0.133 e. The molecule has 1 N–H and O–H groups in total. The summed E-state index contributed by atoms with van der Waals surface area (Å²) in [6, 6.07) is 8.13. The van der Waals surface area contributed by atoms with Gasteiger partial charge in [0, 0.05) is 18.1 Å². The van der Waals surface area contributed by atoms with Gasteiger partial charge in [0.1, 0.15) is 11.9 Å². The second-order valence-corrected chi connectivity index (χ2v) is 7.64. The standard InChI is InChI=1S/C19H29FN2O/c1-18-10-5-11-19(2,17(20)16(12-18)21-3)22(18)13-14-6-8-15(23-4)9-7-14/h6-9,16-17,21H,5,10-13H2,1-4H3/t16-,17-,18-,19+/m1/s1. The summed E-state index contributed by atoms with van der Waals surface area (Å²) >= 11 is 0. The minimum absolute atomic E-state index is 0.0441. The number of halogens is 1. The van der Waals surface area contributed by atoms with Crippen molar-refractivity contribution in [2.24, 2.45) is 0 Å². The van der Waals surface area contributed by atoms with Crippen LogP contribution in [0.5, 0.6) is 5.75 Å². The van der Waals surface area contributed by atoms with Crippen LogP contribution in [0.1, 0.15) is 45.1 Å². The van der Waals surface area contributed by atoms with E-state index in [1.165, 1.54) is 5.56 Å². The van der Waals surface area contributed by atoms with E-state index < -0.39 is 11.7 Å². The molecule has 0 aliphatic carbocycles. The van der Waals surface area contributed by atoms with Crippen molar-refractivity contribution in [2.75, 3.05) is 14.2 Å². The van der Waals surface area contributed by atoms with Gasteiger partial charge in [0.2, 0.25) is 0 Å². The van der Waals surface area contributed by atoms with Gasteiger partial charge in [-0.2, -0.15) is 0 Å². The summed E-state index contributed by atoms with van der Waals surface area (Å²) in [7, 11) is 3.57. The molecule has 0 spiro atoms. The van der Waals surface area contributed by atoms with Crippen molar-refractivity contribution < 1.29 is 9.13 Å². The van der Waals surface area contributed by atoms with Crippen LogP contribution < -0.4 is 10.1 Å². The highest BCUT2D eigenvalue weighted by molar-refractivity contribution is 5.28. The molecule has 0 radical (unpaired) electrons. The van der Waals surface area contributed by atoms with Gasteiger partial charge in [-0.15, -0.1) is 0 Å². The molecule has 2 fully saturated rings. The number of benzene rings is 1. The molecule has 2 aliphatic rings. The first-order valence-corrected chi connectivity index (χ1v) is 8.65. The molecule has 0 aromatic heterocycles. The molecule has 23 heavy (non-hydrogen) atoms. The number of ether oxygens (including phenoxy) is 1. The first-order valence-electron chi connectivity index (χ1n) is 8.65. The van der Waals surface area contributed by atoms with Crippen LogP contribution in [0.25, 0.3) is 0 Å². The minimum Gasteiger partial charge on any atom is -0.497 e. The molecule has 0 unspecified atom stereocenters. The molecule has 1 aromatic rings. The van der Waals surface area contributed by atoms with E-state index in [9.17, 15) is 0 Å². The van der Waals surface area contributed by atoms with E-state index >= 15 is 4.39 Å². The molecular formula is C19H29FN2O. The second kappa shape index (κ2) is 6.06. The topological polar surface area (TPSA) is 24.5 Å². The molecule has 2 saturated heterocycles. The summed E-state index contributed by atoms with van der Waals surface area (Å²) in [6.07, 6.45) is 3.22. The summed E-state index contributed by atoms with van der Waals surface area (Å²) in [5.41, 5.74) is 0.891. The van der Waals surface area contributed by atoms with Crippen LogP contribution in [0.4, 0.5) is 4.39 Å². The number of methoxy groups -OCH3 is 1. The molecule has 4 heteroatoms. The van der Waals surface area contributed by atoms with Crippen LogP contribution in [0, 0.1) is 0 Å². The van der Waals surface area contributed by atoms with Gasteiger partial charge in [0.25, 0.3) is 0 Å². The van der Waals surface area contributed by atoms with Crippen molar-refractivity contribution >= 4 is 0 Å². The third-order valence-electron chi connectivity index (χ3n) is 6.14. The quantitative estimate of drug-likeness (QED) is 0.918. The number of piperidine rings is 2. The predicted molar refractivity (Wildman–Crippen MR) is 91.6 cm³/mol. The fourth-order valence-electron chi connectivity index (χ4n) is 4.76. The van der Waals surface area contributed by atoms with Crippen molar-refractivity contribution in [3.63, 3.8) is 0 Å². The predicted octanol–water partition coefficient (Wildman–Crippen LogP) is 3.53. The summed E-state index contributed by atoms with van der Waals surface area (Å²) in [4.78, 5) is 2.43. The van der Waals surface area contributed by atoms with Gasteiger partial charge < -0.3 is 10.1 Å². The minimum atomic E-state index is -0.834. The van der Waals surface area contributed by atoms with Crippen LogP contribution in [-0.4, -0.2) is 42.3 Å². The molecule has 128 valence electrons. The fraction of sp³-hybridized carbons (Fsp3) is 0.684. The van der Waals surface area contributed by atoms with Gasteiger partial charge in [0.05, 0.1) is 12.6 Å². The average molecular weight is 320 g/mol. The van der Waals surface area contributed by atoms with E-state index in [-0.39, 0.29) is 11.6 Å². The number of fused-ring (bicyclic) bond motifs is 2. The summed E-state index contributed by atoms with van der Waals surface area (Å²) in [5.74, 6) is 0.864. The van der Waals surface area contributed by atoms with Gasteiger partial charge in [-0.1, -0.05) is 12.1 Å². The Morgan fingerprint density at radius 2 is 1.96 bits per heavy atom. The first kappa shape index (κ1) is 16.7. The molecule has 2 bridgehead atoms. The first-order chi connectivity index (χ1) is 10.9. The van der Waals surface area contributed by atoms with Gasteiger partial charge in [-0.25, -0.2) is 4.39 Å². The zero-order valence-electron chi connectivity index (χ0n) is 14.7. The lowest BCUT2D eigenvalue weighted by molar-refractivity contribution is -0.142. The molecule has 3 rings (SSSR count). The molecule has 2 aliphatic heterocycles. The molecule has 4 atom stereocenters. The lowest BCUT2D eigenvalue weighted by Crippen LogP contribution is -2.73. The van der Waals surface area contributed by atoms with Crippen LogP contribution in [0.3, 0.4) is 0 Å². The van der Waals surface area contributed by atoms with Crippen molar-refractivity contribution in [1.29, 1.82) is 0 Å². The van der Waals surface area contributed by atoms with Gasteiger partial charge in [-0.3, -0.25) is 4.90 Å². The highest BCUT2D eigenvalue weighted by Gasteiger charge is 2.57. The van der Waals surface area contributed by atoms with Crippen molar-refractivity contribution in [3.05, 3.63) is 29.8 Å². The van der Waals surface area contributed by atoms with Crippen LogP contribution in [-0.2, 0) is 6.54 Å². The summed E-state index contributed by atoms with van der Waals surface area (Å²) in [6.45, 7) is 5.22. The monoisotopic (exact) mass is 320 g/mol. The summed E-state index contributed by atoms with van der Waals surface area (Å²) < 4.78 is 20.5. The van der Waals surface area contributed by atoms with Crippen LogP contribution in [0.15, 0.2) is 24.3 Å². The van der Waals surface area contributed by atoms with E-state index in [1.54, 1.807) is 7.11 Å². The normalized spacial score (nSPS) is 37.6. The van der Waals surface area contributed by atoms with Crippen molar-refractivity contribution in [3.8, 4) is 5.75 Å². The number of hydrogen-bond donors (Lipinski definition) is 1. The SMILES string of the molecule is CN[C@@H]1C[C@@]2(C)CCC[C@@](C)([C@@H]1F)N2Cc1ccc(OC)cc1. The van der Waals surface area contributed by atoms with E-state index in [0.29, 0.717) is 0 Å². The zero-order valence-corrected chi connectivity index (χ0v) is 14.7. The van der Waals surface area contributed by atoms with E-state index in [0.717, 1.165) is 38.0 Å². The van der Waals surface area contributed by atoms with Crippen LogP contribution in [0.2, 0.25) is 0 Å². The molecule has 3 nitrogen and oxygen atoms in total. The van der Waals surface area contributed by atoms with Crippen molar-refractivity contribution in [1.82, 2.24) is 10.2 Å². The Bertz CT molecular complexity index is 549. The Labute approximate surface area is 139 Å². The third-order valence-corrected chi connectivity index (χ3v) is 6.14. The maximum absolute atomic E-state index is 15.2. The number of nitrogens with zero attached hydrogens (tertiary/aromatic N) is 1. The Morgan fingerprint density at radius 1 is 1.26 bits per heavy atom. The lowest BCUT2D eigenvalue weighted by atomic mass is 9.66. The molecule has 0 saturated carbocycles. The van der Waals surface area contributed by atoms with Gasteiger partial charge >= 0.3 is 0 Å². The third kappa shape index (κ3) is 2.76. The lowest BCUT2D eigenvalue weighted by Gasteiger charge is -2.62. The smallest absolute Gasteiger partial charge is 0.133 e. The number of rotatable bonds is 4. The Kier molecular flexibility index (Phi) is 4.41. The van der Waals surface area contributed by atoms with E-state index in [2.05, 4.69) is 36.2 Å². The molecule has 2 heterocycles. The van der Waals surface area contributed by atoms with Gasteiger partial charge in [0.15, 0.2) is 0 Å². The van der Waals surface area contributed by atoms with Gasteiger partial charge in [-0.05, 0) is 64.3 Å². The zero-order chi connectivity index (χ0) is 16.7. The Morgan fingerprint density at radius 3 is 2.57 bits per heavy atom. The highest BCUT2D eigenvalue weighted by Crippen LogP contribution is 2.49. The molecule has 1 aromatic carbocycles. The number of alkyl halides is 1. The second-order valence-electron chi connectivity index (χ2n) is 7.64. The van der Waals surface area contributed by atoms with E-state index in [4.69, 9.17) is 4.74 Å². The summed E-state index contributed by atoms with van der Waals surface area (Å²) in [5, 5.41) is 3.21. The number of hydrogen-bond acceptors (Lipinski definition) is 3. The van der Waals surface area contributed by atoms with Crippen LogP contribution >= 0.6 is 0 Å². The maximum atomic E-state index is 15.2. The largest absolute Gasteiger partial charge is 0.497 e.